The predicted octanol–water partition coefficient (Wildman–Crippen LogP) is 5.91. The third kappa shape index (κ3) is 8.39. The molecule has 0 heterocycles. The monoisotopic (exact) mass is 578 g/mol. The Kier molecular flexibility index (Phi) is 10.8. The maximum atomic E-state index is 12.8. The molecule has 8 nitrogen and oxygen atoms in total. The molecule has 0 radical (unpaired) electrons. The van der Waals surface area contributed by atoms with Gasteiger partial charge in [-0.1, -0.05) is 30.3 Å². The molecule has 0 atom stereocenters. The molecule has 0 saturated heterocycles. The first-order valence-electron chi connectivity index (χ1n) is 11.9. The van der Waals surface area contributed by atoms with E-state index >= 15 is 0 Å². The molecule has 3 aromatic carbocycles. The molecule has 196 valence electrons. The van der Waals surface area contributed by atoms with E-state index in [0.29, 0.717) is 46.2 Å². The van der Waals surface area contributed by atoms with Crippen LogP contribution in [0.4, 0.5) is 5.69 Å². The quantitative estimate of drug-likeness (QED) is 0.161. The number of hydrogen-bond donors (Lipinski definition) is 1. The minimum Gasteiger partial charge on any atom is -0.490 e. The number of amides is 1. The van der Waals surface area contributed by atoms with E-state index in [4.69, 9.17) is 18.9 Å². The Morgan fingerprint density at radius 2 is 1.71 bits per heavy atom. The molecule has 1 N–H and O–H groups in total. The molecule has 0 bridgehead atoms. The van der Waals surface area contributed by atoms with Crippen molar-refractivity contribution in [2.75, 3.05) is 25.1 Å². The molecule has 0 fully saturated rings. The van der Waals surface area contributed by atoms with Crippen LogP contribution in [0.2, 0.25) is 0 Å². The highest BCUT2D eigenvalue weighted by Crippen LogP contribution is 2.37. The van der Waals surface area contributed by atoms with Gasteiger partial charge in [-0.05, 0) is 83.4 Å². The Morgan fingerprint density at radius 1 is 0.974 bits per heavy atom. The number of halogens is 1. The summed E-state index contributed by atoms with van der Waals surface area (Å²) in [6, 6.07) is 21.9. The van der Waals surface area contributed by atoms with Crippen molar-refractivity contribution in [3.63, 3.8) is 0 Å². The number of rotatable bonds is 12. The van der Waals surface area contributed by atoms with Gasteiger partial charge >= 0.3 is 5.97 Å². The van der Waals surface area contributed by atoms with Gasteiger partial charge in [0.15, 0.2) is 18.1 Å². The van der Waals surface area contributed by atoms with E-state index in [1.54, 1.807) is 50.2 Å². The number of nitrogens with one attached hydrogen (secondary N) is 1. The van der Waals surface area contributed by atoms with Gasteiger partial charge in [0.2, 0.25) is 0 Å². The summed E-state index contributed by atoms with van der Waals surface area (Å²) in [5.74, 6) is 0.240. The van der Waals surface area contributed by atoms with E-state index in [-0.39, 0.29) is 18.8 Å². The molecule has 0 aliphatic heterocycles. The predicted molar refractivity (Wildman–Crippen MR) is 147 cm³/mol. The van der Waals surface area contributed by atoms with Crippen molar-refractivity contribution in [1.29, 1.82) is 5.26 Å². The van der Waals surface area contributed by atoms with Crippen LogP contribution in [-0.4, -0.2) is 31.7 Å². The first-order chi connectivity index (χ1) is 18.4. The molecule has 1 amide bonds. The third-order valence-corrected chi connectivity index (χ3v) is 5.60. The highest BCUT2D eigenvalue weighted by atomic mass is 79.9. The number of carbonyl (C=O) groups excluding carboxylic acids is 2. The normalized spacial score (nSPS) is 10.7. The van der Waals surface area contributed by atoms with E-state index in [0.717, 1.165) is 5.56 Å². The van der Waals surface area contributed by atoms with Gasteiger partial charge in [0, 0.05) is 5.69 Å². The van der Waals surface area contributed by atoms with E-state index < -0.39 is 11.9 Å². The lowest BCUT2D eigenvalue weighted by Gasteiger charge is -2.14. The number of carbonyl (C=O) groups is 2. The van der Waals surface area contributed by atoms with Gasteiger partial charge in [-0.2, -0.15) is 5.26 Å². The largest absolute Gasteiger partial charge is 0.490 e. The highest BCUT2D eigenvalue weighted by Gasteiger charge is 2.16. The number of anilines is 1. The lowest BCUT2D eigenvalue weighted by molar-refractivity contribution is -0.145. The average Bonchev–Trinajstić information content (AvgIpc) is 2.91. The summed E-state index contributed by atoms with van der Waals surface area (Å²) in [7, 11) is 0. The SMILES string of the molecule is CCOC(=O)COc1c(Br)cc(/C=C(\C#N)C(=O)Nc2ccc(OCc3ccccc3)cc2)cc1OCC. The zero-order valence-electron chi connectivity index (χ0n) is 21.0. The average molecular weight is 579 g/mol. The molecule has 3 rings (SSSR count). The van der Waals surface area contributed by atoms with Gasteiger partial charge in [-0.3, -0.25) is 4.79 Å². The minimum atomic E-state index is -0.567. The summed E-state index contributed by atoms with van der Waals surface area (Å²) in [5, 5.41) is 12.4. The van der Waals surface area contributed by atoms with Crippen molar-refractivity contribution in [3.8, 4) is 23.3 Å². The van der Waals surface area contributed by atoms with Crippen molar-refractivity contribution in [3.05, 3.63) is 87.9 Å². The molecule has 0 saturated carbocycles. The molecule has 3 aromatic rings. The van der Waals surface area contributed by atoms with Crippen LogP contribution in [0, 0.1) is 11.3 Å². The van der Waals surface area contributed by atoms with Crippen LogP contribution in [0.25, 0.3) is 6.08 Å². The zero-order valence-corrected chi connectivity index (χ0v) is 22.6. The van der Waals surface area contributed by atoms with Crippen LogP contribution >= 0.6 is 15.9 Å². The Bertz CT molecular complexity index is 1320. The molecule has 0 unspecified atom stereocenters. The number of hydrogen-bond acceptors (Lipinski definition) is 7. The van der Waals surface area contributed by atoms with Crippen LogP contribution in [-0.2, 0) is 20.9 Å². The van der Waals surface area contributed by atoms with Crippen LogP contribution in [0.3, 0.4) is 0 Å². The molecular formula is C29H27BrN2O6. The summed E-state index contributed by atoms with van der Waals surface area (Å²) in [5.41, 5.74) is 1.98. The second-order valence-electron chi connectivity index (χ2n) is 7.78. The second kappa shape index (κ2) is 14.4. The summed E-state index contributed by atoms with van der Waals surface area (Å²) in [4.78, 5) is 24.5. The van der Waals surface area contributed by atoms with Crippen LogP contribution in [0.5, 0.6) is 17.2 Å². The maximum Gasteiger partial charge on any atom is 0.344 e. The molecular weight excluding hydrogens is 552 g/mol. The van der Waals surface area contributed by atoms with Gasteiger partial charge in [0.25, 0.3) is 5.91 Å². The van der Waals surface area contributed by atoms with Crippen molar-refractivity contribution in [2.45, 2.75) is 20.5 Å². The Balaban J connectivity index is 1.70. The first-order valence-corrected chi connectivity index (χ1v) is 12.7. The number of nitrogens with zero attached hydrogens (tertiary/aromatic N) is 1. The molecule has 0 aromatic heterocycles. The summed E-state index contributed by atoms with van der Waals surface area (Å²) >= 11 is 3.41. The number of ether oxygens (including phenoxy) is 4. The Labute approximate surface area is 229 Å². The highest BCUT2D eigenvalue weighted by molar-refractivity contribution is 9.10. The van der Waals surface area contributed by atoms with Crippen molar-refractivity contribution in [2.24, 2.45) is 0 Å². The van der Waals surface area contributed by atoms with Gasteiger partial charge < -0.3 is 24.3 Å². The summed E-state index contributed by atoms with van der Waals surface area (Å²) in [6.45, 7) is 4.24. The van der Waals surface area contributed by atoms with Crippen molar-refractivity contribution >= 4 is 39.6 Å². The van der Waals surface area contributed by atoms with E-state index in [9.17, 15) is 14.9 Å². The smallest absolute Gasteiger partial charge is 0.344 e. The van der Waals surface area contributed by atoms with Crippen LogP contribution < -0.4 is 19.5 Å². The molecule has 38 heavy (non-hydrogen) atoms. The fourth-order valence-electron chi connectivity index (χ4n) is 3.30. The van der Waals surface area contributed by atoms with E-state index in [1.807, 2.05) is 36.4 Å². The Hall–Kier alpha value is -4.29. The number of benzene rings is 3. The van der Waals surface area contributed by atoms with Crippen LogP contribution in [0.1, 0.15) is 25.0 Å². The number of nitriles is 1. The minimum absolute atomic E-state index is 0.107. The molecule has 0 aliphatic carbocycles. The lowest BCUT2D eigenvalue weighted by atomic mass is 10.1. The van der Waals surface area contributed by atoms with Gasteiger partial charge in [0.05, 0.1) is 17.7 Å². The zero-order chi connectivity index (χ0) is 27.3. The third-order valence-electron chi connectivity index (χ3n) is 5.01. The van der Waals surface area contributed by atoms with E-state index in [2.05, 4.69) is 21.2 Å². The van der Waals surface area contributed by atoms with Gasteiger partial charge in [-0.15, -0.1) is 0 Å². The Morgan fingerprint density at radius 3 is 2.37 bits per heavy atom. The van der Waals surface area contributed by atoms with Crippen LogP contribution in [0.15, 0.2) is 76.8 Å². The topological polar surface area (TPSA) is 107 Å². The standard InChI is InChI=1S/C29H27BrN2O6/c1-3-35-26-16-21(15-25(30)28(26)38-19-27(33)36-4-2)14-22(17-31)29(34)32-23-10-12-24(13-11-23)37-18-20-8-6-5-7-9-20/h5-16H,3-4,18-19H2,1-2H3,(H,32,34)/b22-14+. The molecule has 9 heteroatoms. The van der Waals surface area contributed by atoms with Crippen molar-refractivity contribution < 1.29 is 28.5 Å². The molecule has 0 spiro atoms. The fraction of sp³-hybridized carbons (Fsp3) is 0.207. The van der Waals surface area contributed by atoms with Gasteiger partial charge in [-0.25, -0.2) is 4.79 Å². The molecule has 0 aliphatic rings. The summed E-state index contributed by atoms with van der Waals surface area (Å²) < 4.78 is 22.4. The number of esters is 1. The summed E-state index contributed by atoms with van der Waals surface area (Å²) in [6.07, 6.45) is 1.44. The van der Waals surface area contributed by atoms with Crippen molar-refractivity contribution in [1.82, 2.24) is 0 Å². The fourth-order valence-corrected chi connectivity index (χ4v) is 3.87. The lowest BCUT2D eigenvalue weighted by Crippen LogP contribution is -2.15. The maximum absolute atomic E-state index is 12.8. The first kappa shape index (κ1) is 28.3. The van der Waals surface area contributed by atoms with Gasteiger partial charge in [0.1, 0.15) is 24.0 Å². The second-order valence-corrected chi connectivity index (χ2v) is 8.63. The van der Waals surface area contributed by atoms with E-state index in [1.165, 1.54) is 6.08 Å².